The number of hydrogen-bond acceptors (Lipinski definition) is 2. The van der Waals surface area contributed by atoms with E-state index in [1.165, 1.54) is 0 Å². The number of hydrogen-bond donors (Lipinski definition) is 2. The van der Waals surface area contributed by atoms with Crippen molar-refractivity contribution in [3.8, 4) is 0 Å². The van der Waals surface area contributed by atoms with Crippen LogP contribution in [0.4, 0.5) is 5.69 Å². The summed E-state index contributed by atoms with van der Waals surface area (Å²) < 4.78 is 1.90. The average Bonchev–Trinajstić information content (AvgIpc) is 2.96. The Balaban J connectivity index is 1.60. The number of carbonyl (C=O) groups is 2. The van der Waals surface area contributed by atoms with Crippen LogP contribution in [0.25, 0.3) is 21.7 Å². The largest absolute Gasteiger partial charge is 0.478 e. The van der Waals surface area contributed by atoms with Crippen LogP contribution in [-0.4, -0.2) is 21.6 Å². The maximum absolute atomic E-state index is 12.6. The maximum Gasteiger partial charge on any atom is 0.335 e. The van der Waals surface area contributed by atoms with Gasteiger partial charge in [0.15, 0.2) is 0 Å². The second-order valence-corrected chi connectivity index (χ2v) is 6.59. The third-order valence-electron chi connectivity index (χ3n) is 4.70. The van der Waals surface area contributed by atoms with Gasteiger partial charge < -0.3 is 15.0 Å². The first-order chi connectivity index (χ1) is 13.0. The molecule has 0 unspecified atom stereocenters. The lowest BCUT2D eigenvalue weighted by Gasteiger charge is -2.06. The standard InChI is InChI=1S/C22H18N2O3/c1-24-13-17(19-11-16(22(26)27)7-9-20(19)24)12-21(25)23-18-8-6-14-4-2-3-5-15(14)10-18/h2-11,13H,12H2,1H3,(H,23,25)(H,26,27). The van der Waals surface area contributed by atoms with Crippen molar-refractivity contribution in [2.24, 2.45) is 7.05 Å². The van der Waals surface area contributed by atoms with Crippen LogP contribution >= 0.6 is 0 Å². The smallest absolute Gasteiger partial charge is 0.335 e. The van der Waals surface area contributed by atoms with Gasteiger partial charge in [-0.25, -0.2) is 4.79 Å². The Morgan fingerprint density at radius 3 is 2.56 bits per heavy atom. The Kier molecular flexibility index (Phi) is 4.12. The van der Waals surface area contributed by atoms with Crippen LogP contribution in [0.5, 0.6) is 0 Å². The van der Waals surface area contributed by atoms with Gasteiger partial charge in [0.2, 0.25) is 5.91 Å². The maximum atomic E-state index is 12.6. The molecule has 134 valence electrons. The minimum absolute atomic E-state index is 0.140. The molecule has 4 rings (SSSR count). The third kappa shape index (κ3) is 3.27. The van der Waals surface area contributed by atoms with Gasteiger partial charge in [-0.15, -0.1) is 0 Å². The molecule has 1 aromatic heterocycles. The van der Waals surface area contributed by atoms with Crippen molar-refractivity contribution >= 4 is 39.2 Å². The second kappa shape index (κ2) is 6.61. The summed E-state index contributed by atoms with van der Waals surface area (Å²) in [6.07, 6.45) is 2.05. The number of nitrogens with zero attached hydrogens (tertiary/aromatic N) is 1. The Hall–Kier alpha value is -3.60. The van der Waals surface area contributed by atoms with Gasteiger partial charge in [-0.2, -0.15) is 0 Å². The quantitative estimate of drug-likeness (QED) is 0.574. The number of aryl methyl sites for hydroxylation is 1. The van der Waals surface area contributed by atoms with E-state index in [4.69, 9.17) is 0 Å². The fourth-order valence-corrected chi connectivity index (χ4v) is 3.39. The number of carboxylic acid groups (broad SMARTS) is 1. The molecule has 3 aromatic carbocycles. The lowest BCUT2D eigenvalue weighted by atomic mass is 10.1. The Labute approximate surface area is 155 Å². The van der Waals surface area contributed by atoms with Gasteiger partial charge >= 0.3 is 5.97 Å². The highest BCUT2D eigenvalue weighted by Crippen LogP contribution is 2.24. The molecule has 0 spiro atoms. The Morgan fingerprint density at radius 2 is 1.78 bits per heavy atom. The lowest BCUT2D eigenvalue weighted by Crippen LogP contribution is -2.14. The summed E-state index contributed by atoms with van der Waals surface area (Å²) in [5.41, 5.74) is 2.65. The first-order valence-electron chi connectivity index (χ1n) is 8.61. The van der Waals surface area contributed by atoms with Crippen molar-refractivity contribution in [2.75, 3.05) is 5.32 Å². The highest BCUT2D eigenvalue weighted by Gasteiger charge is 2.13. The summed E-state index contributed by atoms with van der Waals surface area (Å²) in [6.45, 7) is 0. The van der Waals surface area contributed by atoms with E-state index in [9.17, 15) is 14.7 Å². The fourth-order valence-electron chi connectivity index (χ4n) is 3.39. The molecule has 0 aliphatic heterocycles. The number of anilines is 1. The molecule has 5 nitrogen and oxygen atoms in total. The van der Waals surface area contributed by atoms with E-state index in [2.05, 4.69) is 5.32 Å². The monoisotopic (exact) mass is 358 g/mol. The molecule has 0 atom stereocenters. The topological polar surface area (TPSA) is 71.3 Å². The summed E-state index contributed by atoms with van der Waals surface area (Å²) in [5, 5.41) is 15.1. The van der Waals surface area contributed by atoms with E-state index in [-0.39, 0.29) is 17.9 Å². The molecule has 0 radical (unpaired) electrons. The lowest BCUT2D eigenvalue weighted by molar-refractivity contribution is -0.115. The molecule has 0 fully saturated rings. The second-order valence-electron chi connectivity index (χ2n) is 6.59. The van der Waals surface area contributed by atoms with Crippen molar-refractivity contribution < 1.29 is 14.7 Å². The summed E-state index contributed by atoms with van der Waals surface area (Å²) in [4.78, 5) is 23.8. The number of fused-ring (bicyclic) bond motifs is 2. The predicted octanol–water partition coefficient (Wildman–Crippen LogP) is 4.21. The molecule has 2 N–H and O–H groups in total. The van der Waals surface area contributed by atoms with E-state index >= 15 is 0 Å². The van der Waals surface area contributed by atoms with E-state index in [0.717, 1.165) is 32.9 Å². The molecule has 0 aliphatic carbocycles. The normalized spacial score (nSPS) is 11.0. The third-order valence-corrected chi connectivity index (χ3v) is 4.70. The van der Waals surface area contributed by atoms with Crippen LogP contribution in [0.1, 0.15) is 15.9 Å². The SMILES string of the molecule is Cn1cc(CC(=O)Nc2ccc3ccccc3c2)c2cc(C(=O)O)ccc21. The number of nitrogens with one attached hydrogen (secondary N) is 1. The molecule has 1 amide bonds. The summed E-state index contributed by atoms with van der Waals surface area (Å²) in [5.74, 6) is -1.12. The van der Waals surface area contributed by atoms with Gasteiger partial charge in [-0.05, 0) is 46.7 Å². The van der Waals surface area contributed by atoms with Gasteiger partial charge in [0.1, 0.15) is 0 Å². The van der Waals surface area contributed by atoms with Crippen LogP contribution in [0, 0.1) is 0 Å². The first kappa shape index (κ1) is 16.8. The van der Waals surface area contributed by atoms with E-state index in [1.807, 2.05) is 60.3 Å². The molecule has 27 heavy (non-hydrogen) atoms. The Bertz CT molecular complexity index is 1190. The molecule has 0 bridgehead atoms. The number of rotatable bonds is 4. The van der Waals surface area contributed by atoms with Crippen LogP contribution in [0.2, 0.25) is 0 Å². The van der Waals surface area contributed by atoms with E-state index in [1.54, 1.807) is 18.2 Å². The molecular formula is C22H18N2O3. The van der Waals surface area contributed by atoms with Crippen LogP contribution in [0.3, 0.4) is 0 Å². The zero-order valence-electron chi connectivity index (χ0n) is 14.8. The molecule has 1 heterocycles. The van der Waals surface area contributed by atoms with Gasteiger partial charge in [0.25, 0.3) is 0 Å². The highest BCUT2D eigenvalue weighted by molar-refractivity contribution is 5.99. The van der Waals surface area contributed by atoms with Crippen LogP contribution in [0.15, 0.2) is 66.9 Å². The van der Waals surface area contributed by atoms with Crippen molar-refractivity contribution in [1.29, 1.82) is 0 Å². The van der Waals surface area contributed by atoms with Crippen molar-refractivity contribution in [2.45, 2.75) is 6.42 Å². The molecular weight excluding hydrogens is 340 g/mol. The van der Waals surface area contributed by atoms with Crippen LogP contribution < -0.4 is 5.32 Å². The van der Waals surface area contributed by atoms with Gasteiger partial charge in [-0.3, -0.25) is 4.79 Å². The molecule has 0 saturated carbocycles. The minimum atomic E-state index is -0.979. The number of aromatic nitrogens is 1. The fraction of sp³-hybridized carbons (Fsp3) is 0.0909. The van der Waals surface area contributed by atoms with Gasteiger partial charge in [0, 0.05) is 29.8 Å². The number of carboxylic acids is 1. The van der Waals surface area contributed by atoms with Gasteiger partial charge in [0.05, 0.1) is 12.0 Å². The van der Waals surface area contributed by atoms with Crippen LogP contribution in [-0.2, 0) is 18.3 Å². The minimum Gasteiger partial charge on any atom is -0.478 e. The van der Waals surface area contributed by atoms with Crippen molar-refractivity contribution in [1.82, 2.24) is 4.57 Å². The predicted molar refractivity (Wildman–Crippen MR) is 106 cm³/mol. The van der Waals surface area contributed by atoms with E-state index in [0.29, 0.717) is 0 Å². The molecule has 5 heteroatoms. The van der Waals surface area contributed by atoms with E-state index < -0.39 is 5.97 Å². The highest BCUT2D eigenvalue weighted by atomic mass is 16.4. The zero-order valence-corrected chi connectivity index (χ0v) is 14.8. The zero-order chi connectivity index (χ0) is 19.0. The number of carbonyl (C=O) groups excluding carboxylic acids is 1. The summed E-state index contributed by atoms with van der Waals surface area (Å²) in [7, 11) is 1.88. The first-order valence-corrected chi connectivity index (χ1v) is 8.61. The Morgan fingerprint density at radius 1 is 1.00 bits per heavy atom. The van der Waals surface area contributed by atoms with Crippen molar-refractivity contribution in [3.63, 3.8) is 0 Å². The van der Waals surface area contributed by atoms with Gasteiger partial charge in [-0.1, -0.05) is 30.3 Å². The molecule has 0 aliphatic rings. The molecule has 0 saturated heterocycles. The summed E-state index contributed by atoms with van der Waals surface area (Å²) in [6, 6.07) is 18.7. The number of amides is 1. The number of aromatic carboxylic acids is 1. The van der Waals surface area contributed by atoms with Crippen molar-refractivity contribution in [3.05, 3.63) is 78.0 Å². The summed E-state index contributed by atoms with van der Waals surface area (Å²) >= 11 is 0. The average molecular weight is 358 g/mol. The number of benzene rings is 3. The molecule has 4 aromatic rings.